The Labute approximate surface area is 86.4 Å². The summed E-state index contributed by atoms with van der Waals surface area (Å²) in [6.45, 7) is 8.96. The molecular formula is C13H17N. The lowest BCUT2D eigenvalue weighted by Gasteiger charge is -2.02. The van der Waals surface area contributed by atoms with Gasteiger partial charge in [-0.05, 0) is 18.2 Å². The summed E-state index contributed by atoms with van der Waals surface area (Å²) in [6, 6.07) is 8.63. The van der Waals surface area contributed by atoms with Crippen LogP contribution in [-0.2, 0) is 13.1 Å². The number of nitrogens with zero attached hydrogens (tertiary/aromatic N) is 1. The summed E-state index contributed by atoms with van der Waals surface area (Å²) < 4.78 is 0. The number of allylic oxidation sites excluding steroid dienone is 2. The SMILES string of the molecule is C=CC=C.CN1Cc2ccccc2C1. The minimum absolute atomic E-state index is 1.12. The molecule has 74 valence electrons. The highest BCUT2D eigenvalue weighted by Crippen LogP contribution is 2.19. The van der Waals surface area contributed by atoms with E-state index in [0.717, 1.165) is 13.1 Å². The molecule has 0 atom stereocenters. The molecule has 0 spiro atoms. The quantitative estimate of drug-likeness (QED) is 0.611. The van der Waals surface area contributed by atoms with Crippen molar-refractivity contribution in [1.29, 1.82) is 0 Å². The fourth-order valence-corrected chi connectivity index (χ4v) is 1.50. The lowest BCUT2D eigenvalue weighted by Crippen LogP contribution is -2.07. The molecule has 1 heteroatoms. The molecule has 0 aliphatic carbocycles. The molecule has 0 radical (unpaired) electrons. The maximum Gasteiger partial charge on any atom is 0.0237 e. The van der Waals surface area contributed by atoms with Gasteiger partial charge in [-0.2, -0.15) is 0 Å². The van der Waals surface area contributed by atoms with E-state index in [0.29, 0.717) is 0 Å². The molecule has 0 saturated heterocycles. The van der Waals surface area contributed by atoms with Crippen LogP contribution in [0.1, 0.15) is 11.1 Å². The number of hydrogen-bond acceptors (Lipinski definition) is 1. The summed E-state index contributed by atoms with van der Waals surface area (Å²) in [5, 5.41) is 0. The van der Waals surface area contributed by atoms with E-state index in [1.165, 1.54) is 11.1 Å². The molecule has 1 aliphatic rings. The van der Waals surface area contributed by atoms with Crippen LogP contribution in [0.15, 0.2) is 49.6 Å². The van der Waals surface area contributed by atoms with E-state index in [9.17, 15) is 0 Å². The summed E-state index contributed by atoms with van der Waals surface area (Å²) in [7, 11) is 2.15. The molecule has 1 aliphatic heterocycles. The van der Waals surface area contributed by atoms with Crippen molar-refractivity contribution in [3.8, 4) is 0 Å². The van der Waals surface area contributed by atoms with Gasteiger partial charge in [0.05, 0.1) is 0 Å². The van der Waals surface area contributed by atoms with E-state index in [-0.39, 0.29) is 0 Å². The van der Waals surface area contributed by atoms with Crippen molar-refractivity contribution in [3.63, 3.8) is 0 Å². The Bertz CT molecular complexity index is 284. The van der Waals surface area contributed by atoms with Crippen LogP contribution in [0, 0.1) is 0 Å². The lowest BCUT2D eigenvalue weighted by atomic mass is 10.1. The van der Waals surface area contributed by atoms with Crippen molar-refractivity contribution in [3.05, 3.63) is 60.7 Å². The molecule has 0 amide bonds. The van der Waals surface area contributed by atoms with Gasteiger partial charge in [-0.3, -0.25) is 4.90 Å². The van der Waals surface area contributed by atoms with E-state index in [1.54, 1.807) is 12.2 Å². The number of fused-ring (bicyclic) bond motifs is 1. The Hall–Kier alpha value is -1.34. The number of rotatable bonds is 1. The van der Waals surface area contributed by atoms with Crippen LogP contribution in [-0.4, -0.2) is 11.9 Å². The fraction of sp³-hybridized carbons (Fsp3) is 0.231. The van der Waals surface area contributed by atoms with Crippen LogP contribution in [0.25, 0.3) is 0 Å². The molecule has 0 unspecified atom stereocenters. The lowest BCUT2D eigenvalue weighted by molar-refractivity contribution is 0.353. The van der Waals surface area contributed by atoms with Crippen LogP contribution in [0.3, 0.4) is 0 Å². The van der Waals surface area contributed by atoms with Gasteiger partial charge in [0, 0.05) is 13.1 Å². The number of benzene rings is 1. The second kappa shape index (κ2) is 5.40. The fourth-order valence-electron chi connectivity index (χ4n) is 1.50. The molecule has 0 saturated carbocycles. The zero-order valence-electron chi connectivity index (χ0n) is 8.74. The standard InChI is InChI=1S/C9H11N.C4H6/c1-10-6-8-4-2-3-5-9(8)7-10;1-3-4-2/h2-5H,6-7H2,1H3;3-4H,1-2H2. The first-order valence-corrected chi connectivity index (χ1v) is 4.76. The smallest absolute Gasteiger partial charge is 0.0237 e. The first-order valence-electron chi connectivity index (χ1n) is 4.76. The Kier molecular flexibility index (Phi) is 4.14. The predicted molar refractivity (Wildman–Crippen MR) is 62.0 cm³/mol. The van der Waals surface area contributed by atoms with Gasteiger partial charge in [0.1, 0.15) is 0 Å². The van der Waals surface area contributed by atoms with Gasteiger partial charge in [-0.1, -0.05) is 49.6 Å². The molecule has 2 rings (SSSR count). The van der Waals surface area contributed by atoms with Crippen LogP contribution in [0.5, 0.6) is 0 Å². The van der Waals surface area contributed by atoms with Crippen molar-refractivity contribution in [2.75, 3.05) is 7.05 Å². The molecule has 1 aromatic rings. The minimum atomic E-state index is 1.12. The van der Waals surface area contributed by atoms with Gasteiger partial charge in [-0.25, -0.2) is 0 Å². The van der Waals surface area contributed by atoms with Gasteiger partial charge in [0.25, 0.3) is 0 Å². The third kappa shape index (κ3) is 2.86. The van der Waals surface area contributed by atoms with E-state index in [2.05, 4.69) is 49.4 Å². The first-order chi connectivity index (χ1) is 6.77. The second-order valence-corrected chi connectivity index (χ2v) is 3.41. The first kappa shape index (κ1) is 10.7. The molecule has 1 nitrogen and oxygen atoms in total. The highest BCUT2D eigenvalue weighted by molar-refractivity contribution is 5.29. The topological polar surface area (TPSA) is 3.24 Å². The zero-order valence-corrected chi connectivity index (χ0v) is 8.74. The monoisotopic (exact) mass is 187 g/mol. The summed E-state index contributed by atoms with van der Waals surface area (Å²) in [5.74, 6) is 0. The highest BCUT2D eigenvalue weighted by Gasteiger charge is 2.12. The van der Waals surface area contributed by atoms with Crippen molar-refractivity contribution in [1.82, 2.24) is 4.90 Å². The molecule has 0 bridgehead atoms. The van der Waals surface area contributed by atoms with E-state index < -0.39 is 0 Å². The van der Waals surface area contributed by atoms with Gasteiger partial charge in [-0.15, -0.1) is 0 Å². The predicted octanol–water partition coefficient (Wildman–Crippen LogP) is 2.99. The van der Waals surface area contributed by atoms with Crippen molar-refractivity contribution in [2.45, 2.75) is 13.1 Å². The second-order valence-electron chi connectivity index (χ2n) is 3.41. The molecule has 0 N–H and O–H groups in total. The molecule has 1 heterocycles. The zero-order chi connectivity index (χ0) is 10.4. The number of hydrogen-bond donors (Lipinski definition) is 0. The average molecular weight is 187 g/mol. The van der Waals surface area contributed by atoms with Crippen molar-refractivity contribution < 1.29 is 0 Å². The molecule has 0 fully saturated rings. The van der Waals surface area contributed by atoms with Crippen molar-refractivity contribution >= 4 is 0 Å². The van der Waals surface area contributed by atoms with Gasteiger partial charge in [0.15, 0.2) is 0 Å². The summed E-state index contributed by atoms with van der Waals surface area (Å²) in [5.41, 5.74) is 2.98. The maximum atomic E-state index is 3.36. The van der Waals surface area contributed by atoms with Crippen LogP contribution in [0.4, 0.5) is 0 Å². The molecular weight excluding hydrogens is 170 g/mol. The van der Waals surface area contributed by atoms with Gasteiger partial charge >= 0.3 is 0 Å². The summed E-state index contributed by atoms with van der Waals surface area (Å²) >= 11 is 0. The van der Waals surface area contributed by atoms with Crippen LogP contribution >= 0.6 is 0 Å². The van der Waals surface area contributed by atoms with E-state index >= 15 is 0 Å². The Morgan fingerprint density at radius 3 is 1.86 bits per heavy atom. The highest BCUT2D eigenvalue weighted by atomic mass is 15.1. The Balaban J connectivity index is 0.000000213. The van der Waals surface area contributed by atoms with E-state index in [4.69, 9.17) is 0 Å². The summed E-state index contributed by atoms with van der Waals surface area (Å²) in [4.78, 5) is 2.32. The van der Waals surface area contributed by atoms with E-state index in [1.807, 2.05) is 0 Å². The van der Waals surface area contributed by atoms with Crippen molar-refractivity contribution in [2.24, 2.45) is 0 Å². The van der Waals surface area contributed by atoms with Crippen LogP contribution < -0.4 is 0 Å². The third-order valence-electron chi connectivity index (χ3n) is 2.17. The molecule has 0 aromatic heterocycles. The van der Waals surface area contributed by atoms with Gasteiger partial charge < -0.3 is 0 Å². The Morgan fingerprint density at radius 1 is 1.07 bits per heavy atom. The molecule has 1 aromatic carbocycles. The average Bonchev–Trinajstić information content (AvgIpc) is 2.58. The molecule has 14 heavy (non-hydrogen) atoms. The largest absolute Gasteiger partial charge is 0.298 e. The summed E-state index contributed by atoms with van der Waals surface area (Å²) in [6.07, 6.45) is 3.28. The van der Waals surface area contributed by atoms with Gasteiger partial charge in [0.2, 0.25) is 0 Å². The normalized spacial score (nSPS) is 13.8. The Morgan fingerprint density at radius 2 is 1.50 bits per heavy atom. The third-order valence-corrected chi connectivity index (χ3v) is 2.17. The van der Waals surface area contributed by atoms with Crippen LogP contribution in [0.2, 0.25) is 0 Å². The maximum absolute atomic E-state index is 3.36. The minimum Gasteiger partial charge on any atom is -0.298 e.